The minimum atomic E-state index is -2.84. The van der Waals surface area contributed by atoms with E-state index in [1.807, 2.05) is 0 Å². The zero-order chi connectivity index (χ0) is 22.5. The third kappa shape index (κ3) is 3.36. The SMILES string of the molecule is O=C(NC12CCC(c3nc(-c4cccc(F)c4)no3)(CC1)C(O)C2)c1cc(C(F)F)no1. The molecule has 2 heterocycles. The maximum Gasteiger partial charge on any atom is 0.290 e. The molecule has 3 aromatic rings. The second kappa shape index (κ2) is 7.44. The number of carbonyl (C=O) groups excluding carboxylic acids is 1. The molecule has 0 aliphatic heterocycles. The van der Waals surface area contributed by atoms with Gasteiger partial charge in [0.2, 0.25) is 17.5 Å². The number of alkyl halides is 2. The third-order valence-electron chi connectivity index (χ3n) is 6.61. The van der Waals surface area contributed by atoms with Gasteiger partial charge in [0.1, 0.15) is 5.82 Å². The van der Waals surface area contributed by atoms with Gasteiger partial charge in [-0.05, 0) is 44.2 Å². The van der Waals surface area contributed by atoms with E-state index in [2.05, 4.69) is 20.6 Å². The number of amides is 1. The monoisotopic (exact) mass is 448 g/mol. The maximum absolute atomic E-state index is 13.5. The van der Waals surface area contributed by atoms with Gasteiger partial charge in [-0.2, -0.15) is 4.98 Å². The van der Waals surface area contributed by atoms with Gasteiger partial charge in [0.25, 0.3) is 12.3 Å². The van der Waals surface area contributed by atoms with Crippen LogP contribution in [-0.2, 0) is 5.41 Å². The van der Waals surface area contributed by atoms with Crippen molar-refractivity contribution in [1.82, 2.24) is 20.6 Å². The highest BCUT2D eigenvalue weighted by Crippen LogP contribution is 2.53. The summed E-state index contributed by atoms with van der Waals surface area (Å²) in [6.07, 6.45) is -1.51. The van der Waals surface area contributed by atoms with Crippen molar-refractivity contribution >= 4 is 5.91 Å². The van der Waals surface area contributed by atoms with Crippen LogP contribution in [0, 0.1) is 5.82 Å². The number of benzene rings is 1. The molecule has 8 nitrogen and oxygen atoms in total. The molecule has 1 unspecified atom stereocenters. The van der Waals surface area contributed by atoms with Gasteiger partial charge in [0, 0.05) is 17.2 Å². The van der Waals surface area contributed by atoms with Gasteiger partial charge in [0.05, 0.1) is 11.5 Å². The van der Waals surface area contributed by atoms with Crippen molar-refractivity contribution in [3.8, 4) is 11.4 Å². The predicted octanol–water partition coefficient (Wildman–Crippen LogP) is 3.55. The minimum Gasteiger partial charge on any atom is -0.392 e. The van der Waals surface area contributed by atoms with Crippen molar-refractivity contribution in [2.75, 3.05) is 0 Å². The molecular weight excluding hydrogens is 429 g/mol. The molecule has 3 aliphatic rings. The number of nitrogens with zero attached hydrogens (tertiary/aromatic N) is 3. The van der Waals surface area contributed by atoms with Crippen LogP contribution in [0.25, 0.3) is 11.4 Å². The molecule has 3 aliphatic carbocycles. The van der Waals surface area contributed by atoms with E-state index >= 15 is 0 Å². The van der Waals surface area contributed by atoms with Crippen LogP contribution >= 0.6 is 0 Å². The summed E-state index contributed by atoms with van der Waals surface area (Å²) in [6.45, 7) is 0. The number of rotatable bonds is 5. The Morgan fingerprint density at radius 2 is 1.94 bits per heavy atom. The molecule has 3 saturated carbocycles. The highest BCUT2D eigenvalue weighted by Gasteiger charge is 2.58. The Labute approximate surface area is 179 Å². The van der Waals surface area contributed by atoms with E-state index in [0.29, 0.717) is 31.2 Å². The first-order valence-electron chi connectivity index (χ1n) is 10.2. The molecule has 3 fully saturated rings. The van der Waals surface area contributed by atoms with Crippen molar-refractivity contribution < 1.29 is 32.1 Å². The molecule has 2 aromatic heterocycles. The average molecular weight is 448 g/mol. The van der Waals surface area contributed by atoms with Crippen LogP contribution in [0.15, 0.2) is 39.4 Å². The van der Waals surface area contributed by atoms with E-state index < -0.39 is 40.9 Å². The van der Waals surface area contributed by atoms with Gasteiger partial charge < -0.3 is 19.5 Å². The molecule has 1 amide bonds. The first-order chi connectivity index (χ1) is 15.3. The Bertz CT molecular complexity index is 1150. The molecule has 0 saturated heterocycles. The zero-order valence-corrected chi connectivity index (χ0v) is 16.7. The number of fused-ring (bicyclic) bond motifs is 3. The number of aromatic nitrogens is 3. The highest BCUT2D eigenvalue weighted by atomic mass is 19.3. The van der Waals surface area contributed by atoms with Crippen LogP contribution in [0.5, 0.6) is 0 Å². The van der Waals surface area contributed by atoms with Crippen molar-refractivity contribution in [3.63, 3.8) is 0 Å². The smallest absolute Gasteiger partial charge is 0.290 e. The van der Waals surface area contributed by atoms with Gasteiger partial charge in [-0.3, -0.25) is 4.79 Å². The molecule has 32 heavy (non-hydrogen) atoms. The summed E-state index contributed by atoms with van der Waals surface area (Å²) >= 11 is 0. The number of carbonyl (C=O) groups is 1. The molecular formula is C21H19F3N4O4. The van der Waals surface area contributed by atoms with Crippen LogP contribution in [0.4, 0.5) is 13.2 Å². The fraction of sp³-hybridized carbons (Fsp3) is 0.429. The third-order valence-corrected chi connectivity index (χ3v) is 6.61. The summed E-state index contributed by atoms with van der Waals surface area (Å²) in [6, 6.07) is 6.74. The Hall–Kier alpha value is -3.21. The molecule has 0 radical (unpaired) electrons. The van der Waals surface area contributed by atoms with Crippen LogP contribution in [-0.4, -0.2) is 38.0 Å². The van der Waals surface area contributed by atoms with Gasteiger partial charge in [-0.25, -0.2) is 13.2 Å². The van der Waals surface area contributed by atoms with Crippen LogP contribution in [0.1, 0.15) is 60.7 Å². The van der Waals surface area contributed by atoms with E-state index in [4.69, 9.17) is 9.05 Å². The summed E-state index contributed by atoms with van der Waals surface area (Å²) in [4.78, 5) is 17.0. The maximum atomic E-state index is 13.5. The lowest BCUT2D eigenvalue weighted by molar-refractivity contribution is -0.0598. The van der Waals surface area contributed by atoms with Crippen molar-refractivity contribution in [2.45, 2.75) is 55.6 Å². The lowest BCUT2D eigenvalue weighted by Gasteiger charge is -2.54. The summed E-state index contributed by atoms with van der Waals surface area (Å²) in [7, 11) is 0. The number of aliphatic hydroxyl groups is 1. The molecule has 168 valence electrons. The molecule has 0 spiro atoms. The fourth-order valence-corrected chi connectivity index (χ4v) is 4.78. The first-order valence-corrected chi connectivity index (χ1v) is 10.2. The highest BCUT2D eigenvalue weighted by molar-refractivity contribution is 5.92. The molecule has 2 bridgehead atoms. The van der Waals surface area contributed by atoms with Gasteiger partial charge in [-0.1, -0.05) is 22.4 Å². The fourth-order valence-electron chi connectivity index (χ4n) is 4.78. The predicted molar refractivity (Wildman–Crippen MR) is 102 cm³/mol. The lowest BCUT2D eigenvalue weighted by atomic mass is 9.55. The number of aliphatic hydroxyl groups excluding tert-OH is 1. The van der Waals surface area contributed by atoms with E-state index in [1.165, 1.54) is 12.1 Å². The second-order valence-corrected chi connectivity index (χ2v) is 8.46. The van der Waals surface area contributed by atoms with Crippen molar-refractivity contribution in [1.29, 1.82) is 0 Å². The Morgan fingerprint density at radius 1 is 1.16 bits per heavy atom. The first kappa shape index (κ1) is 20.7. The number of nitrogens with one attached hydrogen (secondary N) is 1. The second-order valence-electron chi connectivity index (χ2n) is 8.46. The van der Waals surface area contributed by atoms with Crippen molar-refractivity contribution in [3.05, 3.63) is 53.5 Å². The summed E-state index contributed by atoms with van der Waals surface area (Å²) in [5.41, 5.74) is -1.61. The Kier molecular flexibility index (Phi) is 4.81. The van der Waals surface area contributed by atoms with Crippen LogP contribution in [0.2, 0.25) is 0 Å². The van der Waals surface area contributed by atoms with E-state index in [0.717, 1.165) is 6.07 Å². The van der Waals surface area contributed by atoms with Gasteiger partial charge in [0.15, 0.2) is 5.69 Å². The number of hydrogen-bond acceptors (Lipinski definition) is 7. The average Bonchev–Trinajstić information content (AvgIpc) is 3.45. The molecule has 6 rings (SSSR count). The minimum absolute atomic E-state index is 0.228. The van der Waals surface area contributed by atoms with Crippen molar-refractivity contribution in [2.24, 2.45) is 0 Å². The van der Waals surface area contributed by atoms with Gasteiger partial charge in [-0.15, -0.1) is 0 Å². The van der Waals surface area contributed by atoms with E-state index in [-0.39, 0.29) is 23.9 Å². The Morgan fingerprint density at radius 3 is 2.59 bits per heavy atom. The van der Waals surface area contributed by atoms with E-state index in [1.54, 1.807) is 12.1 Å². The molecule has 11 heteroatoms. The summed E-state index contributed by atoms with van der Waals surface area (Å²) in [5.74, 6) is -0.867. The molecule has 1 atom stereocenters. The Balaban J connectivity index is 1.33. The summed E-state index contributed by atoms with van der Waals surface area (Å²) in [5, 5.41) is 21.0. The van der Waals surface area contributed by atoms with Crippen LogP contribution < -0.4 is 5.32 Å². The van der Waals surface area contributed by atoms with Gasteiger partial charge >= 0.3 is 0 Å². The van der Waals surface area contributed by atoms with Crippen LogP contribution in [0.3, 0.4) is 0 Å². The summed E-state index contributed by atoms with van der Waals surface area (Å²) < 4.78 is 49.2. The largest absolute Gasteiger partial charge is 0.392 e. The standard InChI is InChI=1S/C21H19F3N4O4/c22-12-3-1-2-11(8-12)17-25-19(32-28-17)21-6-4-20(5-7-21,10-15(21)29)26-18(30)14-9-13(16(23)24)27-31-14/h1-3,8-9,15-16,29H,4-7,10H2,(H,26,30). The quantitative estimate of drug-likeness (QED) is 0.614. The molecule has 2 N–H and O–H groups in total. The number of hydrogen-bond donors (Lipinski definition) is 2. The molecule has 1 aromatic carbocycles. The lowest BCUT2D eigenvalue weighted by Crippen LogP contribution is -2.63. The zero-order valence-electron chi connectivity index (χ0n) is 16.7. The van der Waals surface area contributed by atoms with E-state index in [9.17, 15) is 23.1 Å². The topological polar surface area (TPSA) is 114 Å². The number of halogens is 3. The normalized spacial score (nSPS) is 27.1.